The van der Waals surface area contributed by atoms with Crippen LogP contribution in [0.25, 0.3) is 0 Å². The van der Waals surface area contributed by atoms with E-state index >= 15 is 0 Å². The molecule has 0 aromatic rings. The minimum Gasteiger partial charge on any atom is -0.353 e. The number of nitrogens with one attached hydrogen (secondary N) is 1. The molecule has 0 aliphatic heterocycles. The quantitative estimate of drug-likeness (QED) is 0.714. The van der Waals surface area contributed by atoms with Crippen LogP contribution in [0.1, 0.15) is 32.6 Å². The van der Waals surface area contributed by atoms with Crippen LogP contribution in [-0.4, -0.2) is 23.5 Å². The average Bonchev–Trinajstić information content (AvgIpc) is 2.04. The SMILES string of the molecule is CS[C@H]1CCCC[C@@H]1NC(C)=O. The van der Waals surface area contributed by atoms with E-state index in [1.807, 2.05) is 11.8 Å². The molecule has 1 aliphatic carbocycles. The highest BCUT2D eigenvalue weighted by atomic mass is 32.2. The van der Waals surface area contributed by atoms with Crippen molar-refractivity contribution < 1.29 is 4.79 Å². The monoisotopic (exact) mass is 187 g/mol. The fourth-order valence-electron chi connectivity index (χ4n) is 1.81. The number of hydrogen-bond acceptors (Lipinski definition) is 2. The molecule has 1 saturated carbocycles. The van der Waals surface area contributed by atoms with Gasteiger partial charge in [0.25, 0.3) is 0 Å². The molecule has 0 aromatic carbocycles. The lowest BCUT2D eigenvalue weighted by molar-refractivity contribution is -0.119. The average molecular weight is 187 g/mol. The van der Waals surface area contributed by atoms with E-state index < -0.39 is 0 Å². The summed E-state index contributed by atoms with van der Waals surface area (Å²) in [5, 5.41) is 3.66. The fourth-order valence-corrected chi connectivity index (χ4v) is 2.74. The third-order valence-electron chi connectivity index (χ3n) is 2.39. The summed E-state index contributed by atoms with van der Waals surface area (Å²) >= 11 is 1.88. The van der Waals surface area contributed by atoms with Crippen LogP contribution in [0.2, 0.25) is 0 Å². The van der Waals surface area contributed by atoms with Crippen LogP contribution in [0, 0.1) is 0 Å². The zero-order valence-corrected chi connectivity index (χ0v) is 8.62. The molecule has 3 heteroatoms. The Hall–Kier alpha value is -0.180. The minimum atomic E-state index is 0.112. The standard InChI is InChI=1S/C9H17NOS/c1-7(11)10-8-5-3-4-6-9(8)12-2/h8-9H,3-6H2,1-2H3,(H,10,11)/t8-,9-/m0/s1. The van der Waals surface area contributed by atoms with Crippen LogP contribution in [0.4, 0.5) is 0 Å². The van der Waals surface area contributed by atoms with Gasteiger partial charge in [-0.25, -0.2) is 0 Å². The van der Waals surface area contributed by atoms with Gasteiger partial charge in [-0.15, -0.1) is 0 Å². The third kappa shape index (κ3) is 2.70. The zero-order valence-electron chi connectivity index (χ0n) is 7.80. The molecule has 1 rings (SSSR count). The van der Waals surface area contributed by atoms with Crippen molar-refractivity contribution in [3.8, 4) is 0 Å². The van der Waals surface area contributed by atoms with Crippen molar-refractivity contribution in [1.29, 1.82) is 0 Å². The second kappa shape index (κ2) is 4.75. The maximum atomic E-state index is 10.9. The first-order valence-corrected chi connectivity index (χ1v) is 5.82. The Balaban J connectivity index is 2.41. The molecule has 2 nitrogen and oxygen atoms in total. The van der Waals surface area contributed by atoms with E-state index in [0.29, 0.717) is 11.3 Å². The highest BCUT2D eigenvalue weighted by Crippen LogP contribution is 2.26. The van der Waals surface area contributed by atoms with E-state index in [4.69, 9.17) is 0 Å². The molecule has 0 aromatic heterocycles. The molecule has 12 heavy (non-hydrogen) atoms. The van der Waals surface area contributed by atoms with Gasteiger partial charge in [-0.2, -0.15) is 11.8 Å². The Bertz CT molecular complexity index is 161. The van der Waals surface area contributed by atoms with Crippen LogP contribution < -0.4 is 5.32 Å². The molecule has 70 valence electrons. The van der Waals surface area contributed by atoms with Crippen molar-refractivity contribution in [2.75, 3.05) is 6.26 Å². The molecule has 0 radical (unpaired) electrons. The topological polar surface area (TPSA) is 29.1 Å². The van der Waals surface area contributed by atoms with Gasteiger partial charge in [0.2, 0.25) is 5.91 Å². The Kier molecular flexibility index (Phi) is 3.92. The van der Waals surface area contributed by atoms with Crippen molar-refractivity contribution in [2.45, 2.75) is 43.9 Å². The smallest absolute Gasteiger partial charge is 0.217 e. The van der Waals surface area contributed by atoms with Crippen LogP contribution in [-0.2, 0) is 4.79 Å². The van der Waals surface area contributed by atoms with E-state index in [1.54, 1.807) is 6.92 Å². The Morgan fingerprint density at radius 3 is 2.67 bits per heavy atom. The van der Waals surface area contributed by atoms with Crippen molar-refractivity contribution >= 4 is 17.7 Å². The number of thioether (sulfide) groups is 1. The van der Waals surface area contributed by atoms with Crippen LogP contribution in [0.3, 0.4) is 0 Å². The summed E-state index contributed by atoms with van der Waals surface area (Å²) in [6.45, 7) is 1.60. The normalized spacial score (nSPS) is 29.8. The number of amides is 1. The van der Waals surface area contributed by atoms with Crippen LogP contribution >= 0.6 is 11.8 Å². The minimum absolute atomic E-state index is 0.112. The fraction of sp³-hybridized carbons (Fsp3) is 0.889. The molecule has 0 spiro atoms. The summed E-state index contributed by atoms with van der Waals surface area (Å²) in [6, 6.07) is 0.422. The van der Waals surface area contributed by atoms with Crippen LogP contribution in [0.15, 0.2) is 0 Å². The van der Waals surface area contributed by atoms with Gasteiger partial charge in [0, 0.05) is 18.2 Å². The van der Waals surface area contributed by atoms with Gasteiger partial charge in [-0.3, -0.25) is 4.79 Å². The summed E-state index contributed by atoms with van der Waals surface area (Å²) < 4.78 is 0. The van der Waals surface area contributed by atoms with Crippen molar-refractivity contribution in [3.63, 3.8) is 0 Å². The van der Waals surface area contributed by atoms with Gasteiger partial charge in [0.1, 0.15) is 0 Å². The van der Waals surface area contributed by atoms with E-state index in [-0.39, 0.29) is 5.91 Å². The van der Waals surface area contributed by atoms with Crippen molar-refractivity contribution in [1.82, 2.24) is 5.32 Å². The van der Waals surface area contributed by atoms with Gasteiger partial charge in [-0.1, -0.05) is 12.8 Å². The molecule has 1 aliphatic rings. The number of carbonyl (C=O) groups is 1. The zero-order chi connectivity index (χ0) is 8.97. The first-order chi connectivity index (χ1) is 5.74. The summed E-state index contributed by atoms with van der Waals surface area (Å²) in [5.74, 6) is 0.112. The lowest BCUT2D eigenvalue weighted by Gasteiger charge is -2.30. The third-order valence-corrected chi connectivity index (χ3v) is 3.56. The number of hydrogen-bond donors (Lipinski definition) is 1. The maximum Gasteiger partial charge on any atom is 0.217 e. The molecule has 1 amide bonds. The Morgan fingerprint density at radius 1 is 1.42 bits per heavy atom. The molecule has 0 heterocycles. The molecule has 1 fully saturated rings. The van der Waals surface area contributed by atoms with Crippen LogP contribution in [0.5, 0.6) is 0 Å². The summed E-state index contributed by atoms with van der Waals surface area (Å²) in [6.07, 6.45) is 7.13. The summed E-state index contributed by atoms with van der Waals surface area (Å²) in [4.78, 5) is 10.9. The van der Waals surface area contributed by atoms with Gasteiger partial charge >= 0.3 is 0 Å². The molecule has 0 unspecified atom stereocenters. The summed E-state index contributed by atoms with van der Waals surface area (Å²) in [7, 11) is 0. The second-order valence-electron chi connectivity index (χ2n) is 3.37. The molecule has 2 atom stereocenters. The molecular formula is C9H17NOS. The van der Waals surface area contributed by atoms with E-state index in [0.717, 1.165) is 6.42 Å². The maximum absolute atomic E-state index is 10.9. The number of rotatable bonds is 2. The highest BCUT2D eigenvalue weighted by Gasteiger charge is 2.24. The Morgan fingerprint density at radius 2 is 2.08 bits per heavy atom. The second-order valence-corrected chi connectivity index (χ2v) is 4.44. The highest BCUT2D eigenvalue weighted by molar-refractivity contribution is 7.99. The summed E-state index contributed by atoms with van der Waals surface area (Å²) in [5.41, 5.74) is 0. The molecule has 1 N–H and O–H groups in total. The van der Waals surface area contributed by atoms with Gasteiger partial charge in [0.05, 0.1) is 0 Å². The van der Waals surface area contributed by atoms with Gasteiger partial charge in [0.15, 0.2) is 0 Å². The van der Waals surface area contributed by atoms with E-state index in [2.05, 4.69) is 11.6 Å². The largest absolute Gasteiger partial charge is 0.353 e. The van der Waals surface area contributed by atoms with Crippen molar-refractivity contribution in [2.24, 2.45) is 0 Å². The molecule has 0 saturated heterocycles. The van der Waals surface area contributed by atoms with Crippen molar-refractivity contribution in [3.05, 3.63) is 0 Å². The molecular weight excluding hydrogens is 170 g/mol. The first-order valence-electron chi connectivity index (χ1n) is 4.54. The number of carbonyl (C=O) groups excluding carboxylic acids is 1. The molecule has 0 bridgehead atoms. The van der Waals surface area contributed by atoms with Gasteiger partial charge in [-0.05, 0) is 19.1 Å². The lowest BCUT2D eigenvalue weighted by atomic mass is 9.95. The predicted octanol–water partition coefficient (Wildman–Crippen LogP) is 1.80. The Labute approximate surface area is 78.5 Å². The lowest BCUT2D eigenvalue weighted by Crippen LogP contribution is -2.42. The van der Waals surface area contributed by atoms with E-state index in [1.165, 1.54) is 19.3 Å². The van der Waals surface area contributed by atoms with Gasteiger partial charge < -0.3 is 5.32 Å². The van der Waals surface area contributed by atoms with E-state index in [9.17, 15) is 4.79 Å². The first kappa shape index (κ1) is 9.90. The predicted molar refractivity (Wildman–Crippen MR) is 53.4 cm³/mol.